The van der Waals surface area contributed by atoms with Gasteiger partial charge < -0.3 is 4.98 Å². The van der Waals surface area contributed by atoms with E-state index in [9.17, 15) is 8.42 Å². The molecule has 1 aromatic heterocycles. The number of nitriles is 1. The molecule has 1 N–H and O–H groups in total. The molecule has 90 valence electrons. The van der Waals surface area contributed by atoms with Crippen LogP contribution in [0.5, 0.6) is 0 Å². The average molecular weight is 268 g/mol. The Hall–Kier alpha value is -1.19. The predicted octanol–water partition coefficient (Wildman–Crippen LogP) is 2.29. The Morgan fingerprint density at radius 2 is 2.24 bits per heavy atom. The zero-order valence-corrected chi connectivity index (χ0v) is 11.0. The molecule has 0 saturated heterocycles. The number of aromatic amines is 1. The molecule has 0 radical (unpaired) electrons. The van der Waals surface area contributed by atoms with Gasteiger partial charge in [0.15, 0.2) is 9.84 Å². The minimum atomic E-state index is -3.31. The number of rotatable bonds is 3. The summed E-state index contributed by atoms with van der Waals surface area (Å²) in [6.45, 7) is 1.60. The molecule has 0 atom stereocenters. The van der Waals surface area contributed by atoms with E-state index < -0.39 is 9.84 Å². The molecule has 0 spiro atoms. The standard InChI is InChI=1S/C11H12N2O2S2/c1-2-17(14,15)9-6-13-11(16)8(5-12)10(9)7-3-4-7/h6-7H,2-4H2,1H3,(H,13,16). The Balaban J connectivity index is 2.78. The number of H-pyrrole nitrogens is 1. The fourth-order valence-corrected chi connectivity index (χ4v) is 3.20. The highest BCUT2D eigenvalue weighted by molar-refractivity contribution is 7.91. The van der Waals surface area contributed by atoms with Crippen molar-refractivity contribution in [1.82, 2.24) is 4.98 Å². The summed E-state index contributed by atoms with van der Waals surface area (Å²) in [6, 6.07) is 2.02. The molecular weight excluding hydrogens is 256 g/mol. The van der Waals surface area contributed by atoms with Gasteiger partial charge in [-0.2, -0.15) is 5.26 Å². The van der Waals surface area contributed by atoms with E-state index in [1.54, 1.807) is 6.92 Å². The fraction of sp³-hybridized carbons (Fsp3) is 0.455. The van der Waals surface area contributed by atoms with E-state index in [1.807, 2.05) is 6.07 Å². The summed E-state index contributed by atoms with van der Waals surface area (Å²) in [7, 11) is -3.31. The van der Waals surface area contributed by atoms with Crippen LogP contribution in [0.25, 0.3) is 0 Å². The molecule has 2 rings (SSSR count). The van der Waals surface area contributed by atoms with E-state index in [-0.39, 0.29) is 16.6 Å². The largest absolute Gasteiger partial charge is 0.350 e. The number of aromatic nitrogens is 1. The van der Waals surface area contributed by atoms with Crippen LogP contribution in [0.3, 0.4) is 0 Å². The van der Waals surface area contributed by atoms with Gasteiger partial charge in [-0.25, -0.2) is 8.42 Å². The first-order valence-electron chi connectivity index (χ1n) is 5.39. The Morgan fingerprint density at radius 1 is 1.59 bits per heavy atom. The monoisotopic (exact) mass is 268 g/mol. The van der Waals surface area contributed by atoms with Crippen LogP contribution in [-0.2, 0) is 9.84 Å². The van der Waals surface area contributed by atoms with E-state index in [2.05, 4.69) is 4.98 Å². The van der Waals surface area contributed by atoms with Crippen molar-refractivity contribution in [2.24, 2.45) is 0 Å². The molecule has 1 aliphatic carbocycles. The first-order chi connectivity index (χ1) is 8.01. The lowest BCUT2D eigenvalue weighted by molar-refractivity contribution is 0.595. The van der Waals surface area contributed by atoms with E-state index in [0.717, 1.165) is 12.8 Å². The van der Waals surface area contributed by atoms with Crippen molar-refractivity contribution >= 4 is 22.1 Å². The molecule has 0 aliphatic heterocycles. The number of sulfone groups is 1. The van der Waals surface area contributed by atoms with Crippen molar-refractivity contribution in [1.29, 1.82) is 5.26 Å². The molecule has 6 heteroatoms. The summed E-state index contributed by atoms with van der Waals surface area (Å²) in [5.74, 6) is 0.208. The summed E-state index contributed by atoms with van der Waals surface area (Å²) in [4.78, 5) is 2.94. The Kier molecular flexibility index (Phi) is 3.06. The average Bonchev–Trinajstić information content (AvgIpc) is 3.12. The molecule has 17 heavy (non-hydrogen) atoms. The van der Waals surface area contributed by atoms with E-state index >= 15 is 0 Å². The summed E-state index contributed by atoms with van der Waals surface area (Å²) >= 11 is 5.03. The van der Waals surface area contributed by atoms with Crippen LogP contribution in [0.2, 0.25) is 0 Å². The zero-order chi connectivity index (χ0) is 12.6. The maximum absolute atomic E-state index is 12.0. The van der Waals surface area contributed by atoms with Crippen molar-refractivity contribution in [3.05, 3.63) is 22.0 Å². The third-order valence-corrected chi connectivity index (χ3v) is 5.00. The third-order valence-electron chi connectivity index (χ3n) is 2.91. The van der Waals surface area contributed by atoms with Crippen molar-refractivity contribution in [2.45, 2.75) is 30.6 Å². The number of nitrogens with zero attached hydrogens (tertiary/aromatic N) is 1. The molecule has 1 fully saturated rings. The normalized spacial score (nSPS) is 15.5. The van der Waals surface area contributed by atoms with Crippen LogP contribution in [0, 0.1) is 16.0 Å². The molecule has 1 saturated carbocycles. The fourth-order valence-electron chi connectivity index (χ4n) is 1.83. The van der Waals surface area contributed by atoms with Gasteiger partial charge in [-0.05, 0) is 24.3 Å². The lowest BCUT2D eigenvalue weighted by Gasteiger charge is -2.10. The first kappa shape index (κ1) is 12.3. The predicted molar refractivity (Wildman–Crippen MR) is 66.0 cm³/mol. The molecule has 4 nitrogen and oxygen atoms in total. The maximum atomic E-state index is 12.0. The van der Waals surface area contributed by atoms with Crippen molar-refractivity contribution in [3.63, 3.8) is 0 Å². The van der Waals surface area contributed by atoms with Crippen LogP contribution in [-0.4, -0.2) is 19.2 Å². The highest BCUT2D eigenvalue weighted by Gasteiger charge is 2.33. The van der Waals surface area contributed by atoms with Crippen LogP contribution in [0.1, 0.15) is 36.8 Å². The molecule has 0 aromatic carbocycles. The number of nitrogens with one attached hydrogen (secondary N) is 1. The van der Waals surface area contributed by atoms with Gasteiger partial charge in [0.2, 0.25) is 0 Å². The molecule has 1 aromatic rings. The number of hydrogen-bond donors (Lipinski definition) is 1. The highest BCUT2D eigenvalue weighted by Crippen LogP contribution is 2.44. The second-order valence-corrected chi connectivity index (χ2v) is 6.72. The summed E-state index contributed by atoms with van der Waals surface area (Å²) in [5.41, 5.74) is 0.940. The van der Waals surface area contributed by atoms with Crippen LogP contribution in [0.4, 0.5) is 0 Å². The maximum Gasteiger partial charge on any atom is 0.179 e. The van der Waals surface area contributed by atoms with E-state index in [1.165, 1.54) is 6.20 Å². The van der Waals surface area contributed by atoms with Gasteiger partial charge in [-0.15, -0.1) is 0 Å². The lowest BCUT2D eigenvalue weighted by atomic mass is 10.1. The van der Waals surface area contributed by atoms with Crippen molar-refractivity contribution in [3.8, 4) is 6.07 Å². The van der Waals surface area contributed by atoms with Gasteiger partial charge in [-0.1, -0.05) is 19.1 Å². The van der Waals surface area contributed by atoms with Gasteiger partial charge in [0.1, 0.15) is 10.7 Å². The van der Waals surface area contributed by atoms with Gasteiger partial charge in [0.25, 0.3) is 0 Å². The first-order valence-corrected chi connectivity index (χ1v) is 7.45. The van der Waals surface area contributed by atoms with Gasteiger partial charge in [0.05, 0.1) is 16.2 Å². The second kappa shape index (κ2) is 4.24. The number of hydrogen-bond acceptors (Lipinski definition) is 4. The Morgan fingerprint density at radius 3 is 2.71 bits per heavy atom. The quantitative estimate of drug-likeness (QED) is 0.853. The smallest absolute Gasteiger partial charge is 0.179 e. The molecule has 0 amide bonds. The van der Waals surface area contributed by atoms with Crippen molar-refractivity contribution < 1.29 is 8.42 Å². The van der Waals surface area contributed by atoms with E-state index in [4.69, 9.17) is 17.5 Å². The minimum Gasteiger partial charge on any atom is -0.350 e. The van der Waals surface area contributed by atoms with E-state index in [0.29, 0.717) is 15.8 Å². The molecular formula is C11H12N2O2S2. The van der Waals surface area contributed by atoms with Gasteiger partial charge in [0, 0.05) is 6.20 Å². The van der Waals surface area contributed by atoms with Crippen LogP contribution >= 0.6 is 12.2 Å². The summed E-state index contributed by atoms with van der Waals surface area (Å²) in [6.07, 6.45) is 3.29. The zero-order valence-electron chi connectivity index (χ0n) is 9.36. The van der Waals surface area contributed by atoms with Crippen LogP contribution < -0.4 is 0 Å². The van der Waals surface area contributed by atoms with Crippen LogP contribution in [0.15, 0.2) is 11.1 Å². The third kappa shape index (κ3) is 2.13. The minimum absolute atomic E-state index is 0.0300. The highest BCUT2D eigenvalue weighted by atomic mass is 32.2. The van der Waals surface area contributed by atoms with Crippen molar-refractivity contribution in [2.75, 3.05) is 5.75 Å². The van der Waals surface area contributed by atoms with Gasteiger partial charge in [-0.3, -0.25) is 0 Å². The topological polar surface area (TPSA) is 73.7 Å². The summed E-state index contributed by atoms with van der Waals surface area (Å²) < 4.78 is 24.3. The second-order valence-electron chi connectivity index (χ2n) is 4.06. The van der Waals surface area contributed by atoms with Gasteiger partial charge >= 0.3 is 0 Å². The Labute approximate surface area is 105 Å². The Bertz CT molecular complexity index is 649. The molecule has 0 bridgehead atoms. The summed E-state index contributed by atoms with van der Waals surface area (Å²) in [5, 5.41) is 9.11. The lowest BCUT2D eigenvalue weighted by Crippen LogP contribution is -2.09. The SMILES string of the molecule is CCS(=O)(=O)c1c[nH]c(=S)c(C#N)c1C1CC1. The molecule has 1 heterocycles. The molecule has 0 unspecified atom stereocenters. The number of pyridine rings is 1. The molecule has 1 aliphatic rings.